The van der Waals surface area contributed by atoms with Crippen LogP contribution in [0.25, 0.3) is 0 Å². The molecule has 0 aliphatic heterocycles. The fraction of sp³-hybridized carbons (Fsp3) is 0.342. The van der Waals surface area contributed by atoms with E-state index in [1.165, 1.54) is 65.6 Å². The summed E-state index contributed by atoms with van der Waals surface area (Å²) in [7, 11) is -11.4. The predicted molar refractivity (Wildman–Crippen MR) is 201 cm³/mol. The Balaban J connectivity index is 0.000000501. The van der Waals surface area contributed by atoms with Crippen LogP contribution in [-0.2, 0) is 16.8 Å². The Morgan fingerprint density at radius 3 is 0.778 bits per heavy atom. The summed E-state index contributed by atoms with van der Waals surface area (Å²) in [6, 6.07) is 44.2. The predicted octanol–water partition coefficient (Wildman–Crippen LogP) is 15.7. The molecule has 0 N–H and O–H groups in total. The molecule has 4 aromatic carbocycles. The molecule has 1 fully saturated rings. The zero-order valence-corrected chi connectivity index (χ0v) is 35.3. The van der Waals surface area contributed by atoms with Crippen LogP contribution in [0.2, 0.25) is 0 Å². The molecule has 5 rings (SSSR count). The first kappa shape index (κ1) is 58.2. The van der Waals surface area contributed by atoms with Crippen molar-refractivity contribution in [3.63, 3.8) is 0 Å². The van der Waals surface area contributed by atoms with E-state index in [-0.39, 0.29) is 32.6 Å². The summed E-state index contributed by atoms with van der Waals surface area (Å²) >= 11 is 0. The standard InChI is InChI=1S/C26H24P2.C7F15.C5H10.Co.F6P/c1-5-13-23(14-6-1)27(24-15-7-2-8-16-24)21-22-28(25-17-9-3-10-18-25)26-19-11-4-12-20-26;8-1(9)2(10,11)3(12,13)4(14,15)5(16,17)6(18,19)7(20,21)22;1-2-4-5-3-1;;1-7(2,3,4,5)6/h1-20H,21-22H2;;1-5H2;;/q;-1;;+2;-1. The second-order valence-corrected chi connectivity index (χ2v) is 19.6. The van der Waals surface area contributed by atoms with Crippen LogP contribution in [0.5, 0.6) is 0 Å². The largest absolute Gasteiger partial charge is 2.00 e. The SMILES string of the molecule is C1CCCC1.F[C-](F)C(F)(F)C(F)(F)C(F)(F)C(F)(F)C(F)(F)C(F)(F)F.F[P-](F)(F)(F)(F)F.[Co+2].c1ccc(P(CCP(c2ccccc2)c2ccccc2)c2ccccc2)cc1. The van der Waals surface area contributed by atoms with Crippen molar-refractivity contribution >= 4 is 44.9 Å². The molecule has 0 nitrogen and oxygen atoms in total. The molecule has 0 bridgehead atoms. The van der Waals surface area contributed by atoms with E-state index in [1.54, 1.807) is 0 Å². The summed E-state index contributed by atoms with van der Waals surface area (Å²) in [5.74, 6) is -39.6. The van der Waals surface area contributed by atoms with Gasteiger partial charge in [0.25, 0.3) is 5.92 Å². The minimum atomic E-state index is -10.7. The Kier molecular flexibility index (Phi) is 20.0. The molecule has 357 valence electrons. The average Bonchev–Trinajstić information content (AvgIpc) is 3.77. The summed E-state index contributed by atoms with van der Waals surface area (Å²) in [4.78, 5) is 0. The third-order valence-corrected chi connectivity index (χ3v) is 13.6. The molecular formula is C38H34CoF21P3. The fourth-order valence-corrected chi connectivity index (χ4v) is 10.6. The molecular weight excluding hydrogens is 1010 g/mol. The van der Waals surface area contributed by atoms with Gasteiger partial charge in [-0.25, -0.2) is 8.78 Å². The summed E-state index contributed by atoms with van der Waals surface area (Å²) in [5.41, 5.74) is 0. The van der Waals surface area contributed by atoms with Gasteiger partial charge in [0.1, 0.15) is 0 Å². The van der Waals surface area contributed by atoms with Crippen molar-refractivity contribution in [2.24, 2.45) is 0 Å². The smallest absolute Gasteiger partial charge is 0.0622 e. The molecule has 1 radical (unpaired) electrons. The van der Waals surface area contributed by atoms with Gasteiger partial charge >= 0.3 is 79.6 Å². The summed E-state index contributed by atoms with van der Waals surface area (Å²) in [6.45, 7) is 0. The first-order chi connectivity index (χ1) is 28.1. The van der Waals surface area contributed by atoms with Gasteiger partial charge < -0.3 is 8.78 Å². The van der Waals surface area contributed by atoms with E-state index in [0.717, 1.165) is 0 Å². The second-order valence-electron chi connectivity index (χ2n) is 13.0. The maximum atomic E-state index is 12.6. The Morgan fingerprint density at radius 1 is 0.381 bits per heavy atom. The summed E-state index contributed by atoms with van der Waals surface area (Å²) in [5, 5.41) is 5.89. The minimum absolute atomic E-state index is 0. The first-order valence-electron chi connectivity index (χ1n) is 17.5. The molecule has 25 heteroatoms. The van der Waals surface area contributed by atoms with Crippen LogP contribution >= 0.6 is 23.7 Å². The molecule has 0 heterocycles. The van der Waals surface area contributed by atoms with Gasteiger partial charge in [0.2, 0.25) is 0 Å². The maximum absolute atomic E-state index is 12.6. The van der Waals surface area contributed by atoms with Crippen LogP contribution in [0.1, 0.15) is 32.1 Å². The van der Waals surface area contributed by atoms with Gasteiger partial charge in [-0.05, 0) is 49.4 Å². The Morgan fingerprint density at radius 2 is 0.587 bits per heavy atom. The summed E-state index contributed by atoms with van der Waals surface area (Å²) in [6.07, 6.45) is -2.55. The molecule has 0 aromatic heterocycles. The van der Waals surface area contributed by atoms with Gasteiger partial charge in [-0.1, -0.05) is 153 Å². The third-order valence-electron chi connectivity index (χ3n) is 8.24. The Hall–Kier alpha value is -2.79. The average molecular weight is 1040 g/mol. The van der Waals surface area contributed by atoms with Crippen molar-refractivity contribution in [1.82, 2.24) is 0 Å². The molecule has 1 aliphatic rings. The monoisotopic (exact) mass is 1040 g/mol. The van der Waals surface area contributed by atoms with E-state index in [4.69, 9.17) is 0 Å². The molecule has 1 aliphatic carbocycles. The van der Waals surface area contributed by atoms with Crippen LogP contribution < -0.4 is 21.2 Å². The van der Waals surface area contributed by atoms with Gasteiger partial charge in [-0.15, -0.1) is 0 Å². The maximum Gasteiger partial charge on any atom is 2.00 e. The molecule has 0 saturated heterocycles. The van der Waals surface area contributed by atoms with E-state index in [1.807, 2.05) is 0 Å². The molecule has 0 atom stereocenters. The molecule has 0 spiro atoms. The quantitative estimate of drug-likeness (QED) is 0.0754. The Bertz CT molecular complexity index is 1730. The van der Waals surface area contributed by atoms with E-state index in [2.05, 4.69) is 121 Å². The number of alkyl halides is 13. The van der Waals surface area contributed by atoms with Gasteiger partial charge in [0.15, 0.2) is 0 Å². The van der Waals surface area contributed by atoms with Crippen LogP contribution in [0.4, 0.5) is 91.0 Å². The third kappa shape index (κ3) is 17.2. The van der Waals surface area contributed by atoms with Crippen LogP contribution in [0.3, 0.4) is 0 Å². The van der Waals surface area contributed by atoms with E-state index < -0.39 is 50.0 Å². The molecule has 4 aromatic rings. The minimum Gasteiger partial charge on any atom is -0.0622 e. The van der Waals surface area contributed by atoms with E-state index >= 15 is 0 Å². The van der Waals surface area contributed by atoms with E-state index in [0.29, 0.717) is 0 Å². The number of hydrogen-bond acceptors (Lipinski definition) is 0. The van der Waals surface area contributed by atoms with Crippen molar-refractivity contribution in [2.45, 2.75) is 67.9 Å². The molecule has 0 unspecified atom stereocenters. The topological polar surface area (TPSA) is 0 Å². The second kappa shape index (κ2) is 21.7. The Labute approximate surface area is 360 Å². The fourth-order valence-electron chi connectivity index (χ4n) is 5.22. The number of rotatable bonds is 12. The van der Waals surface area contributed by atoms with E-state index in [9.17, 15) is 91.0 Å². The number of halogens is 21. The van der Waals surface area contributed by atoms with Gasteiger partial charge in [0, 0.05) is 0 Å². The molecule has 1 saturated carbocycles. The van der Waals surface area contributed by atoms with Crippen molar-refractivity contribution in [2.75, 3.05) is 12.3 Å². The van der Waals surface area contributed by atoms with Crippen LogP contribution in [0, 0.1) is 6.43 Å². The van der Waals surface area contributed by atoms with Gasteiger partial charge in [-0.2, -0.15) is 48.3 Å². The number of benzene rings is 4. The van der Waals surface area contributed by atoms with Crippen LogP contribution in [0.15, 0.2) is 121 Å². The zero-order chi connectivity index (χ0) is 47.5. The van der Waals surface area contributed by atoms with Crippen molar-refractivity contribution in [1.29, 1.82) is 0 Å². The van der Waals surface area contributed by atoms with Crippen LogP contribution in [-0.4, -0.2) is 48.1 Å². The van der Waals surface area contributed by atoms with Crippen molar-refractivity contribution < 1.29 is 108 Å². The molecule has 63 heavy (non-hydrogen) atoms. The molecule has 0 amide bonds. The van der Waals surface area contributed by atoms with Crippen molar-refractivity contribution in [3.05, 3.63) is 128 Å². The van der Waals surface area contributed by atoms with Crippen molar-refractivity contribution in [3.8, 4) is 0 Å². The van der Waals surface area contributed by atoms with Gasteiger partial charge in [-0.3, -0.25) is 0 Å². The normalized spacial score (nSPS) is 15.1. The van der Waals surface area contributed by atoms with Gasteiger partial charge in [0.05, 0.1) is 6.43 Å². The zero-order valence-electron chi connectivity index (χ0n) is 31.6. The summed E-state index contributed by atoms with van der Waals surface area (Å²) < 4.78 is 240. The number of hydrogen-bond donors (Lipinski definition) is 0. The first-order valence-corrected chi connectivity index (χ1v) is 22.6.